The summed E-state index contributed by atoms with van der Waals surface area (Å²) >= 11 is 6.25. The van der Waals surface area contributed by atoms with Crippen molar-refractivity contribution in [3.05, 3.63) is 28.7 Å². The molecule has 0 radical (unpaired) electrons. The zero-order valence-electron chi connectivity index (χ0n) is 12.5. The van der Waals surface area contributed by atoms with E-state index in [0.717, 1.165) is 7.11 Å². The van der Waals surface area contributed by atoms with Crippen molar-refractivity contribution in [2.24, 2.45) is 0 Å². The summed E-state index contributed by atoms with van der Waals surface area (Å²) in [5.41, 5.74) is -1.19. The summed E-state index contributed by atoms with van der Waals surface area (Å²) < 4.78 is 81.4. The molecule has 14 heteroatoms. The van der Waals surface area contributed by atoms with Crippen LogP contribution >= 0.6 is 23.4 Å². The highest BCUT2D eigenvalue weighted by Gasteiger charge is 2.38. The molecular formula is C12H7ClF6N4O2S. The molecule has 0 saturated heterocycles. The van der Waals surface area contributed by atoms with Crippen LogP contribution in [-0.2, 0) is 21.9 Å². The lowest BCUT2D eigenvalue weighted by Gasteiger charge is -2.10. The van der Waals surface area contributed by atoms with Gasteiger partial charge in [-0.2, -0.15) is 36.0 Å². The first-order valence-corrected chi connectivity index (χ1v) is 7.77. The third-order valence-corrected chi connectivity index (χ3v) is 3.91. The van der Waals surface area contributed by atoms with Crippen LogP contribution in [0.1, 0.15) is 11.4 Å². The number of carbonyl (C=O) groups is 1. The molecule has 0 aromatic carbocycles. The molecule has 26 heavy (non-hydrogen) atoms. The summed E-state index contributed by atoms with van der Waals surface area (Å²) in [6.45, 7) is 0. The highest BCUT2D eigenvalue weighted by Crippen LogP contribution is 2.34. The third-order valence-electron chi connectivity index (χ3n) is 2.73. The molecule has 0 unspecified atom stereocenters. The number of methoxy groups -OCH3 is 1. The SMILES string of the molecule is COC(=O)CSc1nc(C(F)(F)F)nn1-c1ncc(C(F)(F)F)cc1Cl. The van der Waals surface area contributed by atoms with Gasteiger partial charge in [-0.3, -0.25) is 4.79 Å². The number of thioether (sulfide) groups is 1. The summed E-state index contributed by atoms with van der Waals surface area (Å²) in [5.74, 6) is -3.24. The Morgan fingerprint density at radius 1 is 1.27 bits per heavy atom. The number of nitrogens with zero attached hydrogens (tertiary/aromatic N) is 4. The van der Waals surface area contributed by atoms with Gasteiger partial charge in [-0.15, -0.1) is 5.10 Å². The van der Waals surface area contributed by atoms with Gasteiger partial charge in [0.25, 0.3) is 5.82 Å². The van der Waals surface area contributed by atoms with Gasteiger partial charge in [-0.1, -0.05) is 23.4 Å². The molecule has 0 N–H and O–H groups in total. The van der Waals surface area contributed by atoms with Crippen LogP contribution in [0, 0.1) is 0 Å². The van der Waals surface area contributed by atoms with Crippen LogP contribution in [-0.4, -0.2) is 38.6 Å². The number of carbonyl (C=O) groups excluding carboxylic acids is 1. The number of alkyl halides is 6. The molecule has 0 aliphatic carbocycles. The maximum absolute atomic E-state index is 12.8. The minimum absolute atomic E-state index is 0.394. The van der Waals surface area contributed by atoms with Crippen molar-refractivity contribution in [2.75, 3.05) is 12.9 Å². The van der Waals surface area contributed by atoms with E-state index in [4.69, 9.17) is 11.6 Å². The lowest BCUT2D eigenvalue weighted by atomic mass is 10.3. The number of hydrogen-bond donors (Lipinski definition) is 0. The normalized spacial score (nSPS) is 12.3. The second-order valence-corrected chi connectivity index (χ2v) is 5.87. The molecule has 2 aromatic heterocycles. The van der Waals surface area contributed by atoms with E-state index in [1.807, 2.05) is 0 Å². The number of halogens is 7. The maximum atomic E-state index is 12.8. The van der Waals surface area contributed by atoms with E-state index in [0.29, 0.717) is 28.7 Å². The lowest BCUT2D eigenvalue weighted by molar-refractivity contribution is -0.145. The van der Waals surface area contributed by atoms with Crippen molar-refractivity contribution in [2.45, 2.75) is 17.5 Å². The number of esters is 1. The zero-order chi connectivity index (χ0) is 19.7. The van der Waals surface area contributed by atoms with Crippen molar-refractivity contribution in [3.63, 3.8) is 0 Å². The van der Waals surface area contributed by atoms with Gasteiger partial charge in [0, 0.05) is 6.20 Å². The summed E-state index contributed by atoms with van der Waals surface area (Å²) in [5, 5.41) is 2.14. The maximum Gasteiger partial charge on any atom is 0.453 e. The Morgan fingerprint density at radius 3 is 2.42 bits per heavy atom. The molecule has 0 atom stereocenters. The standard InChI is InChI=1S/C12H7ClF6N4O2S/c1-25-7(24)4-26-10-21-9(12(17,18)19)22-23(10)8-6(13)2-5(3-20-8)11(14,15)16/h2-3H,4H2,1H3. The van der Waals surface area contributed by atoms with Crippen LogP contribution in [0.5, 0.6) is 0 Å². The molecule has 0 spiro atoms. The van der Waals surface area contributed by atoms with Crippen LogP contribution in [0.15, 0.2) is 17.4 Å². The van der Waals surface area contributed by atoms with E-state index < -0.39 is 51.5 Å². The van der Waals surface area contributed by atoms with Crippen LogP contribution in [0.4, 0.5) is 26.3 Å². The molecule has 0 amide bonds. The minimum Gasteiger partial charge on any atom is -0.468 e. The van der Waals surface area contributed by atoms with Crippen LogP contribution in [0.2, 0.25) is 5.02 Å². The fourth-order valence-electron chi connectivity index (χ4n) is 1.57. The molecule has 0 fully saturated rings. The Bertz CT molecular complexity index is 823. The van der Waals surface area contributed by atoms with Gasteiger partial charge in [0.1, 0.15) is 0 Å². The Morgan fingerprint density at radius 2 is 1.92 bits per heavy atom. The quantitative estimate of drug-likeness (QED) is 0.427. The van der Waals surface area contributed by atoms with E-state index in [-0.39, 0.29) is 0 Å². The first-order valence-electron chi connectivity index (χ1n) is 6.40. The molecule has 142 valence electrons. The second-order valence-electron chi connectivity index (χ2n) is 4.52. The smallest absolute Gasteiger partial charge is 0.453 e. The third kappa shape index (κ3) is 4.58. The van der Waals surface area contributed by atoms with Gasteiger partial charge in [-0.05, 0) is 6.07 Å². The number of ether oxygens (including phenoxy) is 1. The van der Waals surface area contributed by atoms with Crippen LogP contribution in [0.25, 0.3) is 5.82 Å². The van der Waals surface area contributed by atoms with Crippen molar-refractivity contribution in [1.82, 2.24) is 19.7 Å². The minimum atomic E-state index is -4.93. The van der Waals surface area contributed by atoms with Crippen LogP contribution in [0.3, 0.4) is 0 Å². The molecule has 0 aliphatic heterocycles. The average Bonchev–Trinajstić information content (AvgIpc) is 2.95. The molecule has 2 heterocycles. The largest absolute Gasteiger partial charge is 0.468 e. The molecule has 0 saturated carbocycles. The second kappa shape index (κ2) is 7.31. The molecule has 0 bridgehead atoms. The highest BCUT2D eigenvalue weighted by atomic mass is 35.5. The number of pyridine rings is 1. The van der Waals surface area contributed by atoms with Crippen LogP contribution < -0.4 is 0 Å². The Balaban J connectivity index is 2.50. The van der Waals surface area contributed by atoms with Gasteiger partial charge in [0.05, 0.1) is 23.4 Å². The molecule has 0 aliphatic rings. The predicted molar refractivity (Wildman–Crippen MR) is 76.9 cm³/mol. The van der Waals surface area contributed by atoms with Gasteiger partial charge in [-0.25, -0.2) is 4.98 Å². The summed E-state index contributed by atoms with van der Waals surface area (Å²) in [6, 6.07) is 0.494. The molecule has 6 nitrogen and oxygen atoms in total. The fraction of sp³-hybridized carbons (Fsp3) is 0.333. The van der Waals surface area contributed by atoms with Crippen molar-refractivity contribution >= 4 is 29.3 Å². The van der Waals surface area contributed by atoms with E-state index in [1.54, 1.807) is 0 Å². The zero-order valence-corrected chi connectivity index (χ0v) is 14.1. The highest BCUT2D eigenvalue weighted by molar-refractivity contribution is 7.99. The monoisotopic (exact) mass is 420 g/mol. The Labute approximate surface area is 150 Å². The summed E-state index contributed by atoms with van der Waals surface area (Å²) in [6.07, 6.45) is -9.27. The molecular weight excluding hydrogens is 414 g/mol. The van der Waals surface area contributed by atoms with E-state index >= 15 is 0 Å². The summed E-state index contributed by atoms with van der Waals surface area (Å²) in [4.78, 5) is 17.8. The van der Waals surface area contributed by atoms with E-state index in [2.05, 4.69) is 19.8 Å². The van der Waals surface area contributed by atoms with Gasteiger partial charge in [0.2, 0.25) is 0 Å². The summed E-state index contributed by atoms with van der Waals surface area (Å²) in [7, 11) is 1.07. The molecule has 2 aromatic rings. The topological polar surface area (TPSA) is 69.9 Å². The fourth-order valence-corrected chi connectivity index (χ4v) is 2.59. The number of rotatable bonds is 4. The van der Waals surface area contributed by atoms with Gasteiger partial charge >= 0.3 is 18.3 Å². The van der Waals surface area contributed by atoms with Crippen molar-refractivity contribution < 1.29 is 35.9 Å². The van der Waals surface area contributed by atoms with Gasteiger partial charge < -0.3 is 4.74 Å². The predicted octanol–water partition coefficient (Wildman–Crippen LogP) is 3.62. The van der Waals surface area contributed by atoms with Crippen molar-refractivity contribution in [3.8, 4) is 5.82 Å². The number of aromatic nitrogens is 4. The lowest BCUT2D eigenvalue weighted by Crippen LogP contribution is -2.11. The Kier molecular flexibility index (Phi) is 5.70. The first kappa shape index (κ1) is 20.3. The van der Waals surface area contributed by atoms with E-state index in [1.165, 1.54) is 0 Å². The number of hydrogen-bond acceptors (Lipinski definition) is 6. The molecule has 2 rings (SSSR count). The van der Waals surface area contributed by atoms with Crippen molar-refractivity contribution in [1.29, 1.82) is 0 Å². The Hall–Kier alpha value is -2.02. The van der Waals surface area contributed by atoms with Gasteiger partial charge in [0.15, 0.2) is 11.0 Å². The first-order chi connectivity index (χ1) is 11.9. The van der Waals surface area contributed by atoms with E-state index in [9.17, 15) is 31.1 Å². The average molecular weight is 421 g/mol.